The first-order chi connectivity index (χ1) is 11.0. The standard InChI is InChI=1S/C15H18Cl2N2O4/c16-9-3-4-12(11(17)6-9)19-14(20)7-13(15(21)22)18-8-10-2-1-5-23-10/h3-4,6,10,13,18H,1-2,5,7-8H2,(H,19,20)(H,21,22)/t10-,13+/m0/s1. The molecular weight excluding hydrogens is 343 g/mol. The molecule has 1 aromatic carbocycles. The highest BCUT2D eigenvalue weighted by molar-refractivity contribution is 6.36. The smallest absolute Gasteiger partial charge is 0.230 e. The Kier molecular flexibility index (Phi) is 6.65. The van der Waals surface area contributed by atoms with Gasteiger partial charge in [0.1, 0.15) is 18.7 Å². The lowest BCUT2D eigenvalue weighted by molar-refractivity contribution is -0.687. The molecule has 6 nitrogen and oxygen atoms in total. The second-order valence-electron chi connectivity index (χ2n) is 5.41. The van der Waals surface area contributed by atoms with Crippen LogP contribution in [-0.4, -0.2) is 37.2 Å². The van der Waals surface area contributed by atoms with E-state index in [0.717, 1.165) is 12.8 Å². The Hall–Kier alpha value is -1.34. The number of nitrogens with one attached hydrogen (secondary N) is 1. The van der Waals surface area contributed by atoms with Gasteiger partial charge >= 0.3 is 0 Å². The maximum atomic E-state index is 12.0. The molecule has 1 aliphatic rings. The van der Waals surface area contributed by atoms with E-state index in [1.807, 2.05) is 0 Å². The third-order valence-electron chi connectivity index (χ3n) is 3.62. The number of hydrogen-bond acceptors (Lipinski definition) is 4. The number of carbonyl (C=O) groups excluding carboxylic acids is 2. The molecule has 2 rings (SSSR count). The van der Waals surface area contributed by atoms with Gasteiger partial charge < -0.3 is 25.3 Å². The van der Waals surface area contributed by atoms with Crippen molar-refractivity contribution in [2.75, 3.05) is 18.5 Å². The zero-order valence-corrected chi connectivity index (χ0v) is 13.9. The van der Waals surface area contributed by atoms with E-state index in [1.165, 1.54) is 6.07 Å². The third-order valence-corrected chi connectivity index (χ3v) is 4.17. The lowest BCUT2D eigenvalue weighted by Crippen LogP contribution is -2.94. The van der Waals surface area contributed by atoms with Crippen LogP contribution in [-0.2, 0) is 14.3 Å². The van der Waals surface area contributed by atoms with E-state index in [4.69, 9.17) is 27.9 Å². The Morgan fingerprint density at radius 1 is 1.43 bits per heavy atom. The zero-order chi connectivity index (χ0) is 16.8. The lowest BCUT2D eigenvalue weighted by atomic mass is 10.1. The van der Waals surface area contributed by atoms with Crippen LogP contribution in [0, 0.1) is 0 Å². The lowest BCUT2D eigenvalue weighted by Gasteiger charge is -2.18. The van der Waals surface area contributed by atoms with Crippen LogP contribution in [0.15, 0.2) is 18.2 Å². The summed E-state index contributed by atoms with van der Waals surface area (Å²) >= 11 is 11.8. The maximum Gasteiger partial charge on any atom is 0.230 e. The Morgan fingerprint density at radius 3 is 2.83 bits per heavy atom. The van der Waals surface area contributed by atoms with Crippen LogP contribution in [0.5, 0.6) is 0 Å². The van der Waals surface area contributed by atoms with Crippen LogP contribution in [0.2, 0.25) is 10.0 Å². The predicted octanol–water partition coefficient (Wildman–Crippen LogP) is 0.183. The summed E-state index contributed by atoms with van der Waals surface area (Å²) < 4.78 is 5.44. The number of rotatable bonds is 7. The van der Waals surface area contributed by atoms with Crippen molar-refractivity contribution in [3.8, 4) is 0 Å². The van der Waals surface area contributed by atoms with E-state index in [1.54, 1.807) is 17.4 Å². The molecule has 2 atom stereocenters. The molecule has 1 saturated heterocycles. The predicted molar refractivity (Wildman–Crippen MR) is 84.3 cm³/mol. The number of aliphatic carboxylic acids is 1. The fourth-order valence-corrected chi connectivity index (χ4v) is 2.86. The second kappa shape index (κ2) is 8.49. The summed E-state index contributed by atoms with van der Waals surface area (Å²) in [5.41, 5.74) is 0.386. The molecule has 23 heavy (non-hydrogen) atoms. The number of quaternary nitrogens is 1. The largest absolute Gasteiger partial charge is 0.544 e. The number of carbonyl (C=O) groups is 2. The molecule has 0 bridgehead atoms. The Bertz CT molecular complexity index is 577. The van der Waals surface area contributed by atoms with Crippen molar-refractivity contribution in [2.45, 2.75) is 31.4 Å². The van der Waals surface area contributed by atoms with Crippen LogP contribution in [0.4, 0.5) is 5.69 Å². The fourth-order valence-electron chi connectivity index (χ4n) is 2.40. The van der Waals surface area contributed by atoms with Gasteiger partial charge in [0.05, 0.1) is 23.1 Å². The molecule has 0 spiro atoms. The van der Waals surface area contributed by atoms with Crippen molar-refractivity contribution in [1.82, 2.24) is 0 Å². The average molecular weight is 361 g/mol. The van der Waals surface area contributed by atoms with Crippen LogP contribution in [0.3, 0.4) is 0 Å². The molecule has 3 N–H and O–H groups in total. The molecule has 0 saturated carbocycles. The SMILES string of the molecule is O=C(C[C@@H]([NH2+]C[C@@H]1CCCO1)C(=O)[O-])Nc1ccc(Cl)cc1Cl. The minimum absolute atomic E-state index is 0.0330. The molecule has 0 aromatic heterocycles. The Labute approximate surface area is 144 Å². The molecular formula is C15H18Cl2N2O4. The van der Waals surface area contributed by atoms with Crippen molar-refractivity contribution >= 4 is 40.8 Å². The molecule has 0 aliphatic carbocycles. The quantitative estimate of drug-likeness (QED) is 0.725. The number of anilines is 1. The number of ether oxygens (including phenoxy) is 1. The molecule has 1 heterocycles. The van der Waals surface area contributed by atoms with Crippen molar-refractivity contribution < 1.29 is 24.7 Å². The first-order valence-corrected chi connectivity index (χ1v) is 8.12. The molecule has 1 aliphatic heterocycles. The van der Waals surface area contributed by atoms with E-state index in [9.17, 15) is 14.7 Å². The van der Waals surface area contributed by atoms with Gasteiger partial charge in [-0.3, -0.25) is 4.79 Å². The second-order valence-corrected chi connectivity index (χ2v) is 6.25. The Balaban J connectivity index is 1.88. The van der Waals surface area contributed by atoms with Gasteiger partial charge in [0, 0.05) is 11.6 Å². The van der Waals surface area contributed by atoms with Crippen LogP contribution in [0.1, 0.15) is 19.3 Å². The number of halogens is 2. The van der Waals surface area contributed by atoms with Crippen LogP contribution in [0.25, 0.3) is 0 Å². The molecule has 126 valence electrons. The number of benzene rings is 1. The van der Waals surface area contributed by atoms with Gasteiger partial charge in [-0.25, -0.2) is 0 Å². The summed E-state index contributed by atoms with van der Waals surface area (Å²) in [6.45, 7) is 1.19. The number of amides is 1. The van der Waals surface area contributed by atoms with E-state index in [-0.39, 0.29) is 12.5 Å². The van der Waals surface area contributed by atoms with Gasteiger partial charge in [-0.05, 0) is 31.0 Å². The highest BCUT2D eigenvalue weighted by atomic mass is 35.5. The molecule has 1 amide bonds. The number of carboxylic acids is 1. The summed E-state index contributed by atoms with van der Waals surface area (Å²) in [5, 5.41) is 16.1. The van der Waals surface area contributed by atoms with E-state index in [0.29, 0.717) is 28.9 Å². The van der Waals surface area contributed by atoms with Gasteiger partial charge in [-0.2, -0.15) is 0 Å². The summed E-state index contributed by atoms with van der Waals surface area (Å²) in [7, 11) is 0. The van der Waals surface area contributed by atoms with Gasteiger partial charge in [-0.15, -0.1) is 0 Å². The van der Waals surface area contributed by atoms with Gasteiger partial charge in [-0.1, -0.05) is 23.2 Å². The number of hydrogen-bond donors (Lipinski definition) is 2. The maximum absolute atomic E-state index is 12.0. The van der Waals surface area contributed by atoms with Crippen molar-refractivity contribution in [3.05, 3.63) is 28.2 Å². The summed E-state index contributed by atoms with van der Waals surface area (Å²) in [5.74, 6) is -1.73. The minimum atomic E-state index is -1.28. The van der Waals surface area contributed by atoms with Crippen LogP contribution < -0.4 is 15.7 Å². The first-order valence-electron chi connectivity index (χ1n) is 7.36. The normalized spacial score (nSPS) is 18.6. The highest BCUT2D eigenvalue weighted by Gasteiger charge is 2.23. The van der Waals surface area contributed by atoms with Crippen molar-refractivity contribution in [3.63, 3.8) is 0 Å². The van der Waals surface area contributed by atoms with Crippen molar-refractivity contribution in [1.29, 1.82) is 0 Å². The molecule has 0 unspecified atom stereocenters. The highest BCUT2D eigenvalue weighted by Crippen LogP contribution is 2.25. The molecule has 8 heteroatoms. The third kappa shape index (κ3) is 5.66. The minimum Gasteiger partial charge on any atom is -0.544 e. The number of carboxylic acid groups (broad SMARTS) is 1. The van der Waals surface area contributed by atoms with Gasteiger partial charge in [0.25, 0.3) is 0 Å². The van der Waals surface area contributed by atoms with E-state index < -0.39 is 17.9 Å². The average Bonchev–Trinajstić information content (AvgIpc) is 2.99. The Morgan fingerprint density at radius 2 is 2.22 bits per heavy atom. The fraction of sp³-hybridized carbons (Fsp3) is 0.467. The summed E-state index contributed by atoms with van der Waals surface area (Å²) in [4.78, 5) is 23.2. The topological polar surface area (TPSA) is 95.1 Å². The molecule has 0 radical (unpaired) electrons. The molecule has 1 fully saturated rings. The summed E-state index contributed by atoms with van der Waals surface area (Å²) in [6, 6.07) is 3.68. The molecule has 1 aromatic rings. The van der Waals surface area contributed by atoms with Crippen LogP contribution >= 0.6 is 23.2 Å². The first kappa shape index (κ1) is 18.0. The zero-order valence-electron chi connectivity index (χ0n) is 12.4. The monoisotopic (exact) mass is 360 g/mol. The van der Waals surface area contributed by atoms with E-state index >= 15 is 0 Å². The summed E-state index contributed by atoms with van der Waals surface area (Å²) in [6.07, 6.45) is 1.70. The number of nitrogens with two attached hydrogens (primary N) is 1. The van der Waals surface area contributed by atoms with E-state index in [2.05, 4.69) is 5.32 Å². The van der Waals surface area contributed by atoms with Crippen molar-refractivity contribution in [2.24, 2.45) is 0 Å². The van der Waals surface area contributed by atoms with Gasteiger partial charge in [0.2, 0.25) is 5.91 Å². The van der Waals surface area contributed by atoms with Gasteiger partial charge in [0.15, 0.2) is 0 Å².